The number of hydrogen-bond donors (Lipinski definition) is 0. The molecule has 18 heavy (non-hydrogen) atoms. The highest BCUT2D eigenvalue weighted by Gasteiger charge is 2.22. The van der Waals surface area contributed by atoms with Crippen molar-refractivity contribution in [2.75, 3.05) is 44.5 Å². The Morgan fingerprint density at radius 1 is 1.33 bits per heavy atom. The van der Waals surface area contributed by atoms with Gasteiger partial charge in [0.15, 0.2) is 0 Å². The fraction of sp³-hybridized carbons (Fsp3) is 0.500. The smallest absolute Gasteiger partial charge is 0.292 e. The van der Waals surface area contributed by atoms with E-state index in [0.29, 0.717) is 13.2 Å². The van der Waals surface area contributed by atoms with Gasteiger partial charge >= 0.3 is 0 Å². The number of nitrogens with zero attached hydrogens (tertiary/aromatic N) is 2. The van der Waals surface area contributed by atoms with Gasteiger partial charge in [0.05, 0.1) is 18.1 Å². The molecule has 1 saturated heterocycles. The van der Waals surface area contributed by atoms with E-state index < -0.39 is 0 Å². The van der Waals surface area contributed by atoms with Crippen LogP contribution in [-0.2, 0) is 4.74 Å². The number of anilines is 1. The quantitative estimate of drug-likeness (QED) is 0.476. The van der Waals surface area contributed by atoms with E-state index in [4.69, 9.17) is 4.74 Å². The molecule has 0 bridgehead atoms. The van der Waals surface area contributed by atoms with Crippen LogP contribution in [-0.4, -0.2) is 44.6 Å². The number of rotatable bonds is 3. The number of morpholine rings is 1. The number of nitro benzene ring substituents is 1. The first-order valence-electron chi connectivity index (χ1n) is 5.88. The predicted molar refractivity (Wildman–Crippen MR) is 74.5 cm³/mol. The lowest BCUT2D eigenvalue weighted by Gasteiger charge is -2.29. The van der Waals surface area contributed by atoms with Crippen LogP contribution in [0.3, 0.4) is 0 Å². The molecule has 0 spiro atoms. The molecule has 0 radical (unpaired) electrons. The predicted octanol–water partition coefficient (Wildman–Crippen LogP) is 1.80. The van der Waals surface area contributed by atoms with Gasteiger partial charge in [-0.15, -0.1) is 0 Å². The summed E-state index contributed by atoms with van der Waals surface area (Å²) in [6.07, 6.45) is 0. The molecule has 0 aromatic heterocycles. The highest BCUT2D eigenvalue weighted by atomic mass is 31.1. The summed E-state index contributed by atoms with van der Waals surface area (Å²) < 4.78 is 5.29. The van der Waals surface area contributed by atoms with Gasteiger partial charge < -0.3 is 9.64 Å². The average Bonchev–Trinajstić information content (AvgIpc) is 2.39. The van der Waals surface area contributed by atoms with Gasteiger partial charge in [0.25, 0.3) is 5.69 Å². The molecule has 0 aliphatic carbocycles. The third-order valence-corrected chi connectivity index (χ3v) is 4.33. The van der Waals surface area contributed by atoms with Crippen molar-refractivity contribution in [1.29, 1.82) is 0 Å². The molecule has 5 nitrogen and oxygen atoms in total. The molecule has 1 aromatic carbocycles. The van der Waals surface area contributed by atoms with Gasteiger partial charge in [-0.1, -0.05) is 7.92 Å². The zero-order valence-electron chi connectivity index (χ0n) is 10.6. The summed E-state index contributed by atoms with van der Waals surface area (Å²) in [5.74, 6) is 0. The summed E-state index contributed by atoms with van der Waals surface area (Å²) in [4.78, 5) is 12.8. The Morgan fingerprint density at radius 3 is 2.56 bits per heavy atom. The normalized spacial score (nSPS) is 16.1. The SMILES string of the molecule is CP(C)c1ccc([N+](=O)[O-])c(N2CCOCC2)c1. The largest absolute Gasteiger partial charge is 0.378 e. The van der Waals surface area contributed by atoms with Gasteiger partial charge in [-0.25, -0.2) is 0 Å². The molecule has 98 valence electrons. The van der Waals surface area contributed by atoms with Crippen LogP contribution in [0, 0.1) is 10.1 Å². The molecular weight excluding hydrogens is 251 g/mol. The van der Waals surface area contributed by atoms with Crippen LogP contribution in [0.25, 0.3) is 0 Å². The van der Waals surface area contributed by atoms with E-state index in [1.807, 2.05) is 17.0 Å². The number of hydrogen-bond acceptors (Lipinski definition) is 4. The standard InChI is InChI=1S/C12H17N2O3P/c1-18(2)10-3-4-11(14(15)16)12(9-10)13-5-7-17-8-6-13/h3-4,9H,5-8H2,1-2H3. The van der Waals surface area contributed by atoms with Gasteiger partial charge in [0.1, 0.15) is 5.69 Å². The fourth-order valence-electron chi connectivity index (χ4n) is 2.00. The van der Waals surface area contributed by atoms with Crippen molar-refractivity contribution in [2.45, 2.75) is 0 Å². The fourth-order valence-corrected chi connectivity index (χ4v) is 2.76. The van der Waals surface area contributed by atoms with Crippen molar-refractivity contribution in [1.82, 2.24) is 0 Å². The van der Waals surface area contributed by atoms with Crippen LogP contribution in [0.2, 0.25) is 0 Å². The zero-order chi connectivity index (χ0) is 13.1. The minimum atomic E-state index is -0.303. The monoisotopic (exact) mass is 268 g/mol. The molecule has 0 saturated carbocycles. The van der Waals surface area contributed by atoms with Gasteiger partial charge in [-0.2, -0.15) is 0 Å². The molecule has 0 amide bonds. The van der Waals surface area contributed by atoms with E-state index in [9.17, 15) is 10.1 Å². The molecular formula is C12H17N2O3P. The Labute approximate surface area is 108 Å². The highest BCUT2D eigenvalue weighted by Crippen LogP contribution is 2.32. The van der Waals surface area contributed by atoms with Crippen LogP contribution in [0.5, 0.6) is 0 Å². The van der Waals surface area contributed by atoms with Crippen LogP contribution >= 0.6 is 7.92 Å². The van der Waals surface area contributed by atoms with E-state index in [-0.39, 0.29) is 18.5 Å². The van der Waals surface area contributed by atoms with Crippen molar-refractivity contribution >= 4 is 24.6 Å². The van der Waals surface area contributed by atoms with Crippen LogP contribution in [0.15, 0.2) is 18.2 Å². The van der Waals surface area contributed by atoms with Crippen molar-refractivity contribution in [3.05, 3.63) is 28.3 Å². The molecule has 0 unspecified atom stereocenters. The Hall–Kier alpha value is -1.19. The van der Waals surface area contributed by atoms with Crippen molar-refractivity contribution in [2.24, 2.45) is 0 Å². The zero-order valence-corrected chi connectivity index (χ0v) is 11.5. The van der Waals surface area contributed by atoms with E-state index in [2.05, 4.69) is 13.3 Å². The topological polar surface area (TPSA) is 55.6 Å². The number of benzene rings is 1. The first-order chi connectivity index (χ1) is 8.59. The van der Waals surface area contributed by atoms with E-state index in [1.165, 1.54) is 5.30 Å². The summed E-state index contributed by atoms with van der Waals surface area (Å²) >= 11 is 0. The van der Waals surface area contributed by atoms with E-state index >= 15 is 0 Å². The van der Waals surface area contributed by atoms with Gasteiger partial charge in [0, 0.05) is 19.2 Å². The van der Waals surface area contributed by atoms with Crippen molar-refractivity contribution < 1.29 is 9.66 Å². The van der Waals surface area contributed by atoms with Crippen molar-refractivity contribution in [3.8, 4) is 0 Å². The lowest BCUT2D eigenvalue weighted by Crippen LogP contribution is -2.36. The Bertz CT molecular complexity index is 445. The number of nitro groups is 1. The maximum atomic E-state index is 11.1. The summed E-state index contributed by atoms with van der Waals surface area (Å²) in [5.41, 5.74) is 0.925. The summed E-state index contributed by atoms with van der Waals surface area (Å²) in [5, 5.41) is 12.3. The minimum Gasteiger partial charge on any atom is -0.378 e. The van der Waals surface area contributed by atoms with Crippen molar-refractivity contribution in [3.63, 3.8) is 0 Å². The van der Waals surface area contributed by atoms with E-state index in [0.717, 1.165) is 18.8 Å². The Balaban J connectivity index is 2.39. The number of ether oxygens (including phenoxy) is 1. The van der Waals surface area contributed by atoms with Gasteiger partial charge in [-0.3, -0.25) is 10.1 Å². The van der Waals surface area contributed by atoms with E-state index in [1.54, 1.807) is 6.07 Å². The maximum Gasteiger partial charge on any atom is 0.292 e. The molecule has 1 aliphatic heterocycles. The minimum absolute atomic E-state index is 0.192. The van der Waals surface area contributed by atoms with Gasteiger partial charge in [-0.05, 0) is 30.8 Å². The summed E-state index contributed by atoms with van der Waals surface area (Å²) in [7, 11) is -0.245. The van der Waals surface area contributed by atoms with Gasteiger partial charge in [0.2, 0.25) is 0 Å². The first kappa shape index (κ1) is 13.2. The molecule has 1 heterocycles. The second-order valence-corrected chi connectivity index (χ2v) is 6.73. The third kappa shape index (κ3) is 2.79. The van der Waals surface area contributed by atoms with Crippen LogP contribution < -0.4 is 10.2 Å². The lowest BCUT2D eigenvalue weighted by molar-refractivity contribution is -0.384. The second-order valence-electron chi connectivity index (χ2n) is 4.42. The first-order valence-corrected chi connectivity index (χ1v) is 8.11. The highest BCUT2D eigenvalue weighted by molar-refractivity contribution is 7.64. The van der Waals surface area contributed by atoms with Crippen LogP contribution in [0.1, 0.15) is 0 Å². The maximum absolute atomic E-state index is 11.1. The lowest BCUT2D eigenvalue weighted by atomic mass is 10.2. The molecule has 2 rings (SSSR count). The Kier molecular flexibility index (Phi) is 4.15. The molecule has 1 aliphatic rings. The molecule has 6 heteroatoms. The summed E-state index contributed by atoms with van der Waals surface area (Å²) in [6, 6.07) is 5.46. The van der Waals surface area contributed by atoms with Crippen LogP contribution in [0.4, 0.5) is 11.4 Å². The Morgan fingerprint density at radius 2 is 2.00 bits per heavy atom. The molecule has 1 fully saturated rings. The second kappa shape index (κ2) is 5.63. The molecule has 0 atom stereocenters. The average molecular weight is 268 g/mol. The summed E-state index contributed by atoms with van der Waals surface area (Å²) in [6.45, 7) is 7.01. The third-order valence-electron chi connectivity index (χ3n) is 3.02. The molecule has 1 aromatic rings. The molecule has 0 N–H and O–H groups in total.